The molecule has 3 N–H and O–H groups in total. The molecule has 0 heterocycles. The molecule has 1 amide bonds. The van der Waals surface area contributed by atoms with E-state index in [4.69, 9.17) is 9.47 Å². The second-order valence-electron chi connectivity index (χ2n) is 5.91. The lowest BCUT2D eigenvalue weighted by molar-refractivity contribution is 0.0123. The zero-order chi connectivity index (χ0) is 19.6. The molecule has 2 unspecified atom stereocenters. The Morgan fingerprint density at radius 1 is 1.19 bits per heavy atom. The summed E-state index contributed by atoms with van der Waals surface area (Å²) in [5.41, 5.74) is 1.53. The van der Waals surface area contributed by atoms with Gasteiger partial charge in [0.15, 0.2) is 0 Å². The number of methoxy groups -OCH3 is 1. The maximum absolute atomic E-state index is 11.7. The summed E-state index contributed by atoms with van der Waals surface area (Å²) in [6, 6.07) is 13.8. The number of ether oxygens (including phenoxy) is 2. The first-order chi connectivity index (χ1) is 13.0. The van der Waals surface area contributed by atoms with Gasteiger partial charge in [-0.3, -0.25) is 4.79 Å². The molecule has 2 aromatic rings. The number of benzene rings is 2. The minimum atomic E-state index is -1.26. The number of carbonyl (C=O) groups is 2. The van der Waals surface area contributed by atoms with Crippen LogP contribution in [0.1, 0.15) is 34.0 Å². The van der Waals surface area contributed by atoms with Crippen molar-refractivity contribution in [2.24, 2.45) is 0 Å². The lowest BCUT2D eigenvalue weighted by Crippen LogP contribution is -2.30. The molecule has 144 valence electrons. The van der Waals surface area contributed by atoms with Crippen LogP contribution in [0.3, 0.4) is 0 Å². The summed E-state index contributed by atoms with van der Waals surface area (Å²) in [7, 11) is 1.43. The van der Waals surface area contributed by atoms with Crippen molar-refractivity contribution in [1.82, 2.24) is 5.32 Å². The Morgan fingerprint density at radius 3 is 2.59 bits per heavy atom. The van der Waals surface area contributed by atoms with E-state index in [-0.39, 0.29) is 19.6 Å². The van der Waals surface area contributed by atoms with E-state index >= 15 is 0 Å². The zero-order valence-corrected chi connectivity index (χ0v) is 15.0. The van der Waals surface area contributed by atoms with Gasteiger partial charge in [0.25, 0.3) is 0 Å². The molecule has 0 radical (unpaired) electrons. The summed E-state index contributed by atoms with van der Waals surface area (Å²) in [4.78, 5) is 22.6. The van der Waals surface area contributed by atoms with Crippen molar-refractivity contribution >= 4 is 12.4 Å². The quantitative estimate of drug-likeness (QED) is 0.582. The Labute approximate surface area is 157 Å². The van der Waals surface area contributed by atoms with Crippen LogP contribution in [0.15, 0.2) is 48.5 Å². The Morgan fingerprint density at radius 2 is 1.93 bits per heavy atom. The molecule has 0 bridgehead atoms. The highest BCUT2D eigenvalue weighted by molar-refractivity contribution is 5.75. The molecule has 7 nitrogen and oxygen atoms in total. The molecule has 7 heteroatoms. The number of amides is 1. The minimum absolute atomic E-state index is 0.0933. The number of alkyl carbamates (subject to hydrolysis) is 1. The second-order valence-corrected chi connectivity index (χ2v) is 5.91. The molecule has 2 rings (SSSR count). The maximum atomic E-state index is 11.7. The summed E-state index contributed by atoms with van der Waals surface area (Å²) in [5.74, 6) is 0.363. The van der Waals surface area contributed by atoms with Crippen LogP contribution in [0, 0.1) is 0 Å². The number of hydrogen-bond acceptors (Lipinski definition) is 6. The summed E-state index contributed by atoms with van der Waals surface area (Å²) < 4.78 is 10.2. The van der Waals surface area contributed by atoms with E-state index in [2.05, 4.69) is 5.32 Å². The molecule has 0 spiro atoms. The highest BCUT2D eigenvalue weighted by Crippen LogP contribution is 2.29. The third kappa shape index (κ3) is 6.09. The van der Waals surface area contributed by atoms with Gasteiger partial charge in [0.1, 0.15) is 24.7 Å². The Balaban J connectivity index is 1.82. The fourth-order valence-electron chi connectivity index (χ4n) is 2.52. The molecule has 0 saturated carbocycles. The van der Waals surface area contributed by atoms with Crippen molar-refractivity contribution < 1.29 is 29.3 Å². The fraction of sp³-hybridized carbons (Fsp3) is 0.300. The molecule has 0 aliphatic rings. The average Bonchev–Trinajstić information content (AvgIpc) is 2.71. The number of aliphatic hydroxyl groups is 2. The monoisotopic (exact) mass is 373 g/mol. The van der Waals surface area contributed by atoms with E-state index in [1.54, 1.807) is 12.1 Å². The zero-order valence-electron chi connectivity index (χ0n) is 15.0. The molecule has 2 aromatic carbocycles. The lowest BCUT2D eigenvalue weighted by Gasteiger charge is -2.20. The largest absolute Gasteiger partial charge is 0.496 e. The van der Waals surface area contributed by atoms with Gasteiger partial charge in [-0.05, 0) is 30.2 Å². The number of aliphatic hydroxyl groups excluding tert-OH is 2. The molecular formula is C20H23NO6. The minimum Gasteiger partial charge on any atom is -0.496 e. The van der Waals surface area contributed by atoms with E-state index < -0.39 is 18.3 Å². The third-order valence-electron chi connectivity index (χ3n) is 4.00. The normalized spacial score (nSPS) is 12.7. The predicted molar refractivity (Wildman–Crippen MR) is 98.6 cm³/mol. The van der Waals surface area contributed by atoms with E-state index in [1.165, 1.54) is 13.2 Å². The standard InChI is InChI=1S/C20H23NO6/c1-26-18-8-7-15(12-22)11-16(18)19(24)17(23)9-10-21-20(25)27-13-14-5-3-2-4-6-14/h2-8,11-12,17,19,23-24H,9-10,13H2,1H3,(H,21,25). The summed E-state index contributed by atoms with van der Waals surface area (Å²) in [6.07, 6.45) is -2.29. The topological polar surface area (TPSA) is 105 Å². The van der Waals surface area contributed by atoms with E-state index in [0.717, 1.165) is 5.56 Å². The van der Waals surface area contributed by atoms with Crippen LogP contribution in [0.5, 0.6) is 5.75 Å². The van der Waals surface area contributed by atoms with Crippen molar-refractivity contribution in [1.29, 1.82) is 0 Å². The van der Waals surface area contributed by atoms with Gasteiger partial charge in [0, 0.05) is 17.7 Å². The second kappa shape index (κ2) is 10.3. The predicted octanol–water partition coefficient (Wildman–Crippen LogP) is 2.22. The number of nitrogens with one attached hydrogen (secondary N) is 1. The van der Waals surface area contributed by atoms with Gasteiger partial charge in [0.05, 0.1) is 13.2 Å². The molecule has 0 fully saturated rings. The van der Waals surface area contributed by atoms with Crippen LogP contribution < -0.4 is 10.1 Å². The van der Waals surface area contributed by atoms with Gasteiger partial charge in [-0.1, -0.05) is 30.3 Å². The Kier molecular flexibility index (Phi) is 7.79. The van der Waals surface area contributed by atoms with Crippen molar-refractivity contribution in [3.8, 4) is 5.75 Å². The third-order valence-corrected chi connectivity index (χ3v) is 4.00. The first kappa shape index (κ1) is 20.4. The van der Waals surface area contributed by atoms with Crippen molar-refractivity contribution in [2.75, 3.05) is 13.7 Å². The molecule has 0 saturated heterocycles. The number of carbonyl (C=O) groups excluding carboxylic acids is 2. The van der Waals surface area contributed by atoms with Crippen LogP contribution in [-0.4, -0.2) is 42.4 Å². The number of aldehydes is 1. The van der Waals surface area contributed by atoms with Crippen LogP contribution in [0.2, 0.25) is 0 Å². The Hall–Kier alpha value is -2.90. The summed E-state index contributed by atoms with van der Waals surface area (Å²) in [5, 5.41) is 23.1. The summed E-state index contributed by atoms with van der Waals surface area (Å²) >= 11 is 0. The molecule has 0 aliphatic carbocycles. The first-order valence-corrected chi connectivity index (χ1v) is 8.49. The van der Waals surface area contributed by atoms with Crippen LogP contribution in [-0.2, 0) is 11.3 Å². The molecule has 0 aromatic heterocycles. The SMILES string of the molecule is COc1ccc(C=O)cc1C(O)C(O)CCNC(=O)OCc1ccccc1. The van der Waals surface area contributed by atoms with Gasteiger partial charge in [-0.2, -0.15) is 0 Å². The lowest BCUT2D eigenvalue weighted by atomic mass is 9.99. The highest BCUT2D eigenvalue weighted by Gasteiger charge is 2.22. The first-order valence-electron chi connectivity index (χ1n) is 8.49. The highest BCUT2D eigenvalue weighted by atomic mass is 16.5. The maximum Gasteiger partial charge on any atom is 0.407 e. The smallest absolute Gasteiger partial charge is 0.407 e. The van der Waals surface area contributed by atoms with Crippen molar-refractivity contribution in [3.63, 3.8) is 0 Å². The molecule has 0 aliphatic heterocycles. The van der Waals surface area contributed by atoms with Crippen LogP contribution in [0.25, 0.3) is 0 Å². The average molecular weight is 373 g/mol. The number of rotatable bonds is 9. The summed E-state index contributed by atoms with van der Waals surface area (Å²) in [6.45, 7) is 0.259. The number of hydrogen-bond donors (Lipinski definition) is 3. The van der Waals surface area contributed by atoms with E-state index in [1.807, 2.05) is 30.3 Å². The van der Waals surface area contributed by atoms with E-state index in [9.17, 15) is 19.8 Å². The Bertz CT molecular complexity index is 749. The van der Waals surface area contributed by atoms with Crippen LogP contribution >= 0.6 is 0 Å². The molecular weight excluding hydrogens is 350 g/mol. The molecule has 27 heavy (non-hydrogen) atoms. The van der Waals surface area contributed by atoms with E-state index in [0.29, 0.717) is 23.2 Å². The van der Waals surface area contributed by atoms with Crippen LogP contribution in [0.4, 0.5) is 4.79 Å². The molecule has 2 atom stereocenters. The fourth-order valence-corrected chi connectivity index (χ4v) is 2.52. The van der Waals surface area contributed by atoms with Crippen molar-refractivity contribution in [2.45, 2.75) is 25.2 Å². The van der Waals surface area contributed by atoms with Gasteiger partial charge in [0.2, 0.25) is 0 Å². The van der Waals surface area contributed by atoms with Crippen molar-refractivity contribution in [3.05, 3.63) is 65.2 Å². The van der Waals surface area contributed by atoms with Gasteiger partial charge in [-0.25, -0.2) is 4.79 Å². The van der Waals surface area contributed by atoms with Gasteiger partial charge < -0.3 is 25.0 Å². The van der Waals surface area contributed by atoms with Gasteiger partial charge in [-0.15, -0.1) is 0 Å². The van der Waals surface area contributed by atoms with Gasteiger partial charge >= 0.3 is 6.09 Å².